The molecule has 1 fully saturated rings. The minimum absolute atomic E-state index is 0.0348. The molecule has 4 heteroatoms. The van der Waals surface area contributed by atoms with E-state index in [9.17, 15) is 5.11 Å². The number of benzene rings is 1. The van der Waals surface area contributed by atoms with Gasteiger partial charge in [-0.05, 0) is 37.1 Å². The first-order valence-corrected chi connectivity index (χ1v) is 6.73. The minimum Gasteiger partial charge on any atom is -0.497 e. The molecule has 0 atom stereocenters. The van der Waals surface area contributed by atoms with Crippen molar-refractivity contribution >= 4 is 5.69 Å². The second-order valence-electron chi connectivity index (χ2n) is 5.32. The van der Waals surface area contributed by atoms with Gasteiger partial charge in [0.25, 0.3) is 0 Å². The molecule has 4 nitrogen and oxygen atoms in total. The fourth-order valence-corrected chi connectivity index (χ4v) is 2.60. The first-order valence-electron chi connectivity index (χ1n) is 6.73. The highest BCUT2D eigenvalue weighted by molar-refractivity contribution is 5.48. The maximum Gasteiger partial charge on any atom is 0.119 e. The van der Waals surface area contributed by atoms with Crippen molar-refractivity contribution in [2.24, 2.45) is 5.41 Å². The number of ether oxygens (including phenoxy) is 2. The van der Waals surface area contributed by atoms with Gasteiger partial charge in [-0.3, -0.25) is 0 Å². The molecule has 0 spiro atoms. The van der Waals surface area contributed by atoms with Crippen LogP contribution in [0.15, 0.2) is 24.3 Å². The second kappa shape index (κ2) is 6.26. The molecule has 0 radical (unpaired) electrons. The Hall–Kier alpha value is -1.26. The van der Waals surface area contributed by atoms with Crippen molar-refractivity contribution in [3.8, 4) is 5.75 Å². The van der Waals surface area contributed by atoms with E-state index in [1.807, 2.05) is 24.3 Å². The standard InChI is InChI=1S/C15H23NO3/c1-16(13-3-5-14(18-2)6-4-13)11-15(12-17)7-9-19-10-8-15/h3-6,17H,7-12H2,1-2H3. The molecule has 1 N–H and O–H groups in total. The molecule has 106 valence electrons. The number of hydrogen-bond acceptors (Lipinski definition) is 4. The molecule has 1 aromatic rings. The molecule has 19 heavy (non-hydrogen) atoms. The summed E-state index contributed by atoms with van der Waals surface area (Å²) >= 11 is 0. The Kier molecular flexibility index (Phi) is 4.66. The summed E-state index contributed by atoms with van der Waals surface area (Å²) in [5.74, 6) is 0.861. The fourth-order valence-electron chi connectivity index (χ4n) is 2.60. The van der Waals surface area contributed by atoms with Gasteiger partial charge in [0.1, 0.15) is 5.75 Å². The van der Waals surface area contributed by atoms with Gasteiger partial charge in [-0.2, -0.15) is 0 Å². The monoisotopic (exact) mass is 265 g/mol. The van der Waals surface area contributed by atoms with E-state index in [1.165, 1.54) is 0 Å². The summed E-state index contributed by atoms with van der Waals surface area (Å²) in [6.07, 6.45) is 1.84. The zero-order chi connectivity index (χ0) is 13.7. The van der Waals surface area contributed by atoms with E-state index in [0.29, 0.717) is 0 Å². The van der Waals surface area contributed by atoms with Crippen molar-refractivity contribution in [2.75, 3.05) is 45.4 Å². The zero-order valence-corrected chi connectivity index (χ0v) is 11.8. The van der Waals surface area contributed by atoms with Crippen molar-refractivity contribution in [3.05, 3.63) is 24.3 Å². The Morgan fingerprint density at radius 2 is 1.89 bits per heavy atom. The lowest BCUT2D eigenvalue weighted by Gasteiger charge is -2.39. The maximum absolute atomic E-state index is 9.72. The van der Waals surface area contributed by atoms with Crippen LogP contribution in [-0.2, 0) is 4.74 Å². The van der Waals surface area contributed by atoms with Crippen LogP contribution in [0, 0.1) is 5.41 Å². The van der Waals surface area contributed by atoms with Gasteiger partial charge in [-0.1, -0.05) is 0 Å². The topological polar surface area (TPSA) is 41.9 Å². The SMILES string of the molecule is COc1ccc(N(C)CC2(CO)CCOCC2)cc1. The third-order valence-corrected chi connectivity index (χ3v) is 3.97. The van der Waals surface area contributed by atoms with E-state index in [-0.39, 0.29) is 12.0 Å². The van der Waals surface area contributed by atoms with Crippen molar-refractivity contribution in [1.29, 1.82) is 0 Å². The molecule has 0 saturated carbocycles. The number of aliphatic hydroxyl groups is 1. The summed E-state index contributed by atoms with van der Waals surface area (Å²) in [5.41, 5.74) is 1.10. The van der Waals surface area contributed by atoms with Gasteiger partial charge in [0.05, 0.1) is 13.7 Å². The first kappa shape index (κ1) is 14.2. The molecule has 0 unspecified atom stereocenters. The van der Waals surface area contributed by atoms with Crippen LogP contribution in [0.1, 0.15) is 12.8 Å². The number of hydrogen-bond donors (Lipinski definition) is 1. The van der Waals surface area contributed by atoms with Crippen molar-refractivity contribution in [3.63, 3.8) is 0 Å². The number of rotatable bonds is 5. The molecule has 1 heterocycles. The highest BCUT2D eigenvalue weighted by Gasteiger charge is 2.33. The summed E-state index contributed by atoms with van der Waals surface area (Å²) in [4.78, 5) is 2.20. The first-order chi connectivity index (χ1) is 9.19. The van der Waals surface area contributed by atoms with Crippen LogP contribution in [0.4, 0.5) is 5.69 Å². The number of nitrogens with zero attached hydrogens (tertiary/aromatic N) is 1. The van der Waals surface area contributed by atoms with Crippen LogP contribution < -0.4 is 9.64 Å². The molecule has 0 bridgehead atoms. The summed E-state index contributed by atoms with van der Waals surface area (Å²) in [6.45, 7) is 2.56. The average molecular weight is 265 g/mol. The Balaban J connectivity index is 2.03. The number of methoxy groups -OCH3 is 1. The van der Waals surface area contributed by atoms with Crippen LogP contribution in [0.3, 0.4) is 0 Å². The highest BCUT2D eigenvalue weighted by atomic mass is 16.5. The lowest BCUT2D eigenvalue weighted by Crippen LogP contribution is -2.42. The molecule has 1 aliphatic rings. The molecule has 0 amide bonds. The van der Waals surface area contributed by atoms with E-state index in [1.54, 1.807) is 7.11 Å². The molecular formula is C15H23NO3. The summed E-state index contributed by atoms with van der Waals surface area (Å²) in [7, 11) is 3.73. The van der Waals surface area contributed by atoms with Gasteiger partial charge in [0, 0.05) is 37.9 Å². The fraction of sp³-hybridized carbons (Fsp3) is 0.600. The van der Waals surface area contributed by atoms with Gasteiger partial charge in [-0.15, -0.1) is 0 Å². The van der Waals surface area contributed by atoms with Crippen LogP contribution in [-0.4, -0.2) is 45.6 Å². The van der Waals surface area contributed by atoms with Crippen molar-refractivity contribution in [2.45, 2.75) is 12.8 Å². The smallest absolute Gasteiger partial charge is 0.119 e. The molecular weight excluding hydrogens is 242 g/mol. The number of anilines is 1. The molecule has 0 aromatic heterocycles. The van der Waals surface area contributed by atoms with Gasteiger partial charge >= 0.3 is 0 Å². The van der Waals surface area contributed by atoms with Crippen LogP contribution in [0.25, 0.3) is 0 Å². The predicted octanol–water partition coefficient (Wildman–Crippen LogP) is 1.92. The van der Waals surface area contributed by atoms with Crippen LogP contribution in [0.5, 0.6) is 5.75 Å². The second-order valence-corrected chi connectivity index (χ2v) is 5.32. The van der Waals surface area contributed by atoms with E-state index < -0.39 is 0 Å². The van der Waals surface area contributed by atoms with Crippen LogP contribution in [0.2, 0.25) is 0 Å². The highest BCUT2D eigenvalue weighted by Crippen LogP contribution is 2.32. The van der Waals surface area contributed by atoms with Crippen molar-refractivity contribution in [1.82, 2.24) is 0 Å². The van der Waals surface area contributed by atoms with Crippen LogP contribution >= 0.6 is 0 Å². The quantitative estimate of drug-likeness (QED) is 0.883. The van der Waals surface area contributed by atoms with Gasteiger partial charge in [0.15, 0.2) is 0 Å². The summed E-state index contributed by atoms with van der Waals surface area (Å²) < 4.78 is 10.6. The average Bonchev–Trinajstić information content (AvgIpc) is 2.48. The van der Waals surface area contributed by atoms with E-state index in [2.05, 4.69) is 11.9 Å². The predicted molar refractivity (Wildman–Crippen MR) is 75.8 cm³/mol. The zero-order valence-electron chi connectivity index (χ0n) is 11.8. The Morgan fingerprint density at radius 1 is 1.26 bits per heavy atom. The Bertz CT molecular complexity index is 385. The Morgan fingerprint density at radius 3 is 2.42 bits per heavy atom. The molecule has 1 aromatic carbocycles. The normalized spacial score (nSPS) is 18.1. The van der Waals surface area contributed by atoms with Crippen molar-refractivity contribution < 1.29 is 14.6 Å². The molecule has 1 aliphatic heterocycles. The molecule has 0 aliphatic carbocycles. The van der Waals surface area contributed by atoms with Gasteiger partial charge < -0.3 is 19.5 Å². The molecule has 2 rings (SSSR count). The largest absolute Gasteiger partial charge is 0.497 e. The third kappa shape index (κ3) is 3.39. The van der Waals surface area contributed by atoms with E-state index in [0.717, 1.165) is 44.0 Å². The van der Waals surface area contributed by atoms with E-state index in [4.69, 9.17) is 9.47 Å². The lowest BCUT2D eigenvalue weighted by atomic mass is 9.80. The van der Waals surface area contributed by atoms with Gasteiger partial charge in [-0.25, -0.2) is 0 Å². The number of aliphatic hydroxyl groups excluding tert-OH is 1. The summed E-state index contributed by atoms with van der Waals surface area (Å²) in [5, 5.41) is 9.72. The summed E-state index contributed by atoms with van der Waals surface area (Å²) in [6, 6.07) is 8.01. The third-order valence-electron chi connectivity index (χ3n) is 3.97. The van der Waals surface area contributed by atoms with Gasteiger partial charge in [0.2, 0.25) is 0 Å². The molecule has 1 saturated heterocycles. The Labute approximate surface area is 114 Å². The minimum atomic E-state index is -0.0348. The van der Waals surface area contributed by atoms with E-state index >= 15 is 0 Å². The lowest BCUT2D eigenvalue weighted by molar-refractivity contribution is -0.0113. The maximum atomic E-state index is 9.72.